The van der Waals surface area contributed by atoms with E-state index in [2.05, 4.69) is 5.16 Å². The molecule has 3 rings (SSSR count). The second-order valence-electron chi connectivity index (χ2n) is 5.50. The number of nitrogens with zero attached hydrogens (tertiary/aromatic N) is 1. The molecular weight excluding hydrogens is 286 g/mol. The summed E-state index contributed by atoms with van der Waals surface area (Å²) in [4.78, 5) is 12.3. The molecule has 0 radical (unpaired) electrons. The molecule has 3 heteroatoms. The topological polar surface area (TPSA) is 49.7 Å². The van der Waals surface area contributed by atoms with Gasteiger partial charge in [0.2, 0.25) is 0 Å². The van der Waals surface area contributed by atoms with Gasteiger partial charge in [0, 0.05) is 11.1 Å². The van der Waals surface area contributed by atoms with Crippen molar-refractivity contribution in [3.63, 3.8) is 0 Å². The van der Waals surface area contributed by atoms with Gasteiger partial charge in [-0.25, -0.2) is 0 Å². The van der Waals surface area contributed by atoms with E-state index in [4.69, 9.17) is 0 Å². The number of benzene rings is 3. The summed E-state index contributed by atoms with van der Waals surface area (Å²) in [6.45, 7) is 3.26. The zero-order valence-corrected chi connectivity index (χ0v) is 13.1. The highest BCUT2D eigenvalue weighted by atomic mass is 16.4. The molecule has 0 saturated carbocycles. The Morgan fingerprint density at radius 2 is 1.57 bits per heavy atom. The standard InChI is InChI=1S/C20H17NO2/c1-13(21-23)19-18(15-8-4-3-5-9-15)12-16-10-6-7-11-17(16)20(19)14(2)22/h3-12,23H,1-2H3. The van der Waals surface area contributed by atoms with Crippen molar-refractivity contribution in [3.8, 4) is 11.1 Å². The highest BCUT2D eigenvalue weighted by Crippen LogP contribution is 2.33. The maximum Gasteiger partial charge on any atom is 0.161 e. The smallest absolute Gasteiger partial charge is 0.161 e. The number of hydrogen-bond donors (Lipinski definition) is 1. The number of ketones is 1. The number of fused-ring (bicyclic) bond motifs is 1. The highest BCUT2D eigenvalue weighted by molar-refractivity contribution is 6.20. The van der Waals surface area contributed by atoms with Gasteiger partial charge in [0.1, 0.15) is 0 Å². The van der Waals surface area contributed by atoms with E-state index < -0.39 is 0 Å². The van der Waals surface area contributed by atoms with Crippen molar-refractivity contribution in [3.05, 3.63) is 71.8 Å². The van der Waals surface area contributed by atoms with Crippen LogP contribution in [0.5, 0.6) is 0 Å². The molecule has 3 aromatic rings. The predicted molar refractivity (Wildman–Crippen MR) is 93.4 cm³/mol. The second kappa shape index (κ2) is 6.05. The normalized spacial score (nSPS) is 11.7. The van der Waals surface area contributed by atoms with E-state index in [0.29, 0.717) is 16.8 Å². The van der Waals surface area contributed by atoms with Crippen LogP contribution in [0, 0.1) is 0 Å². The lowest BCUT2D eigenvalue weighted by Gasteiger charge is -2.16. The molecule has 1 N–H and O–H groups in total. The number of hydrogen-bond acceptors (Lipinski definition) is 3. The van der Waals surface area contributed by atoms with Gasteiger partial charge in [0.25, 0.3) is 0 Å². The van der Waals surface area contributed by atoms with Crippen molar-refractivity contribution >= 4 is 22.3 Å². The van der Waals surface area contributed by atoms with E-state index in [0.717, 1.165) is 21.9 Å². The average Bonchev–Trinajstić information content (AvgIpc) is 2.59. The van der Waals surface area contributed by atoms with Gasteiger partial charge in [0.05, 0.1) is 5.71 Å². The van der Waals surface area contributed by atoms with Gasteiger partial charge < -0.3 is 5.21 Å². The van der Waals surface area contributed by atoms with Crippen LogP contribution in [0.2, 0.25) is 0 Å². The fourth-order valence-electron chi connectivity index (χ4n) is 2.98. The van der Waals surface area contributed by atoms with E-state index in [-0.39, 0.29) is 5.78 Å². The minimum absolute atomic E-state index is 0.0445. The molecule has 23 heavy (non-hydrogen) atoms. The maximum atomic E-state index is 12.3. The molecule has 0 aromatic heterocycles. The Morgan fingerprint density at radius 1 is 0.913 bits per heavy atom. The minimum Gasteiger partial charge on any atom is -0.411 e. The van der Waals surface area contributed by atoms with Crippen LogP contribution in [-0.2, 0) is 0 Å². The lowest BCUT2D eigenvalue weighted by molar-refractivity contribution is 0.101. The molecule has 0 aliphatic rings. The van der Waals surface area contributed by atoms with Gasteiger partial charge >= 0.3 is 0 Å². The molecule has 0 amide bonds. The Bertz CT molecular complexity index is 912. The molecule has 0 bridgehead atoms. The molecule has 0 atom stereocenters. The molecular formula is C20H17NO2. The zero-order chi connectivity index (χ0) is 16.4. The molecule has 3 aromatic carbocycles. The molecule has 0 aliphatic carbocycles. The number of carbonyl (C=O) groups excluding carboxylic acids is 1. The van der Waals surface area contributed by atoms with Crippen molar-refractivity contribution in [2.24, 2.45) is 5.16 Å². The van der Waals surface area contributed by atoms with Crippen LogP contribution in [-0.4, -0.2) is 16.7 Å². The largest absolute Gasteiger partial charge is 0.411 e. The number of rotatable bonds is 3. The third-order valence-electron chi connectivity index (χ3n) is 4.00. The van der Waals surface area contributed by atoms with Gasteiger partial charge in [-0.2, -0.15) is 0 Å². The molecule has 0 unspecified atom stereocenters. The molecule has 3 nitrogen and oxygen atoms in total. The van der Waals surface area contributed by atoms with Crippen molar-refractivity contribution in [2.45, 2.75) is 13.8 Å². The van der Waals surface area contributed by atoms with E-state index >= 15 is 0 Å². The quantitative estimate of drug-likeness (QED) is 0.323. The van der Waals surface area contributed by atoms with Crippen LogP contribution in [0.4, 0.5) is 0 Å². The van der Waals surface area contributed by atoms with Crippen molar-refractivity contribution in [1.29, 1.82) is 0 Å². The van der Waals surface area contributed by atoms with Crippen molar-refractivity contribution in [1.82, 2.24) is 0 Å². The third-order valence-corrected chi connectivity index (χ3v) is 4.00. The summed E-state index contributed by atoms with van der Waals surface area (Å²) in [7, 11) is 0. The SMILES string of the molecule is CC(=O)c1c(C(C)=NO)c(-c2ccccc2)cc2ccccc12. The summed E-state index contributed by atoms with van der Waals surface area (Å²) >= 11 is 0. The molecule has 0 saturated heterocycles. The summed E-state index contributed by atoms with van der Waals surface area (Å²) in [6.07, 6.45) is 0. The molecule has 0 heterocycles. The number of oxime groups is 1. The lowest BCUT2D eigenvalue weighted by atomic mass is 9.87. The number of carbonyl (C=O) groups is 1. The van der Waals surface area contributed by atoms with Crippen LogP contribution >= 0.6 is 0 Å². The maximum absolute atomic E-state index is 12.3. The van der Waals surface area contributed by atoms with Crippen LogP contribution < -0.4 is 0 Å². The summed E-state index contributed by atoms with van der Waals surface area (Å²) < 4.78 is 0. The van der Waals surface area contributed by atoms with Gasteiger partial charge in [-0.15, -0.1) is 0 Å². The zero-order valence-electron chi connectivity index (χ0n) is 13.1. The van der Waals surface area contributed by atoms with Gasteiger partial charge in [-0.3, -0.25) is 4.79 Å². The van der Waals surface area contributed by atoms with Gasteiger partial charge in [0.15, 0.2) is 5.78 Å². The first-order chi connectivity index (χ1) is 11.1. The van der Waals surface area contributed by atoms with Crippen molar-refractivity contribution in [2.75, 3.05) is 0 Å². The Kier molecular flexibility index (Phi) is 3.94. The summed E-state index contributed by atoms with van der Waals surface area (Å²) in [6, 6.07) is 19.6. The summed E-state index contributed by atoms with van der Waals surface area (Å²) in [5.41, 5.74) is 3.59. The Labute approximate surface area is 134 Å². The molecule has 0 spiro atoms. The van der Waals surface area contributed by atoms with Gasteiger partial charge in [-0.05, 0) is 41.8 Å². The van der Waals surface area contributed by atoms with Crippen LogP contribution in [0.15, 0.2) is 65.8 Å². The minimum atomic E-state index is -0.0445. The predicted octanol–water partition coefficient (Wildman–Crippen LogP) is 4.91. The van der Waals surface area contributed by atoms with Crippen molar-refractivity contribution < 1.29 is 10.0 Å². The fraction of sp³-hybridized carbons (Fsp3) is 0.100. The Hall–Kier alpha value is -2.94. The summed E-state index contributed by atoms with van der Waals surface area (Å²) in [5.74, 6) is -0.0445. The number of Topliss-reactive ketones (excluding diaryl/α,β-unsaturated/α-hetero) is 1. The average molecular weight is 303 g/mol. The summed E-state index contributed by atoms with van der Waals surface area (Å²) in [5, 5.41) is 14.5. The van der Waals surface area contributed by atoms with Crippen LogP contribution in [0.25, 0.3) is 21.9 Å². The molecule has 0 aliphatic heterocycles. The molecule has 0 fully saturated rings. The van der Waals surface area contributed by atoms with Crippen LogP contribution in [0.1, 0.15) is 29.8 Å². The Balaban J connectivity index is 2.50. The highest BCUT2D eigenvalue weighted by Gasteiger charge is 2.19. The first-order valence-electron chi connectivity index (χ1n) is 7.44. The van der Waals surface area contributed by atoms with E-state index in [9.17, 15) is 10.0 Å². The van der Waals surface area contributed by atoms with Gasteiger partial charge in [-0.1, -0.05) is 59.8 Å². The fourth-order valence-corrected chi connectivity index (χ4v) is 2.98. The Morgan fingerprint density at radius 3 is 2.22 bits per heavy atom. The third kappa shape index (κ3) is 2.61. The lowest BCUT2D eigenvalue weighted by Crippen LogP contribution is -2.08. The monoisotopic (exact) mass is 303 g/mol. The first-order valence-corrected chi connectivity index (χ1v) is 7.44. The molecule has 114 valence electrons. The van der Waals surface area contributed by atoms with E-state index in [1.54, 1.807) is 13.8 Å². The first kappa shape index (κ1) is 15.0. The van der Waals surface area contributed by atoms with E-state index in [1.165, 1.54) is 0 Å². The van der Waals surface area contributed by atoms with Crippen LogP contribution in [0.3, 0.4) is 0 Å². The second-order valence-corrected chi connectivity index (χ2v) is 5.50. The van der Waals surface area contributed by atoms with E-state index in [1.807, 2.05) is 60.7 Å².